The highest BCUT2D eigenvalue weighted by molar-refractivity contribution is 9.10. The molecular formula is C14H10BrNO5. The van der Waals surface area contributed by atoms with E-state index in [1.165, 1.54) is 18.2 Å². The van der Waals surface area contributed by atoms with E-state index in [0.29, 0.717) is 10.0 Å². The predicted molar refractivity (Wildman–Crippen MR) is 79.0 cm³/mol. The summed E-state index contributed by atoms with van der Waals surface area (Å²) in [7, 11) is 0. The van der Waals surface area contributed by atoms with Crippen molar-refractivity contribution in [2.24, 2.45) is 0 Å². The second-order valence-electron chi connectivity index (χ2n) is 4.23. The Kier molecular flexibility index (Phi) is 4.23. The third kappa shape index (κ3) is 3.19. The molecule has 2 aromatic carbocycles. The van der Waals surface area contributed by atoms with Crippen LogP contribution in [0.4, 0.5) is 5.69 Å². The number of aromatic carboxylic acids is 1. The number of aryl methyl sites for hydroxylation is 1. The van der Waals surface area contributed by atoms with Crippen LogP contribution in [0.15, 0.2) is 40.9 Å². The molecule has 0 saturated carbocycles. The van der Waals surface area contributed by atoms with Crippen LogP contribution < -0.4 is 4.74 Å². The Morgan fingerprint density at radius 1 is 1.33 bits per heavy atom. The lowest BCUT2D eigenvalue weighted by atomic mass is 10.1. The van der Waals surface area contributed by atoms with Gasteiger partial charge in [-0.1, -0.05) is 28.1 Å². The quantitative estimate of drug-likeness (QED) is 0.659. The number of halogens is 1. The van der Waals surface area contributed by atoms with E-state index in [0.717, 1.165) is 0 Å². The molecule has 2 aromatic rings. The molecule has 108 valence electrons. The molecule has 0 radical (unpaired) electrons. The van der Waals surface area contributed by atoms with E-state index in [2.05, 4.69) is 15.9 Å². The molecular weight excluding hydrogens is 342 g/mol. The fourth-order valence-electron chi connectivity index (χ4n) is 1.78. The van der Waals surface area contributed by atoms with Gasteiger partial charge >= 0.3 is 11.7 Å². The van der Waals surface area contributed by atoms with Crippen molar-refractivity contribution in [1.82, 2.24) is 0 Å². The van der Waals surface area contributed by atoms with Gasteiger partial charge in [-0.15, -0.1) is 0 Å². The first-order valence-electron chi connectivity index (χ1n) is 5.85. The summed E-state index contributed by atoms with van der Waals surface area (Å²) in [5.74, 6) is -1.11. The molecule has 6 nitrogen and oxygen atoms in total. The van der Waals surface area contributed by atoms with Gasteiger partial charge in [0.2, 0.25) is 5.75 Å². The zero-order valence-electron chi connectivity index (χ0n) is 10.9. The minimum absolute atomic E-state index is 0.0306. The summed E-state index contributed by atoms with van der Waals surface area (Å²) in [5.41, 5.74) is 0.252. The maximum absolute atomic E-state index is 11.2. The van der Waals surface area contributed by atoms with Crippen LogP contribution in [-0.2, 0) is 0 Å². The summed E-state index contributed by atoms with van der Waals surface area (Å²) in [6.45, 7) is 1.65. The highest BCUT2D eigenvalue weighted by Crippen LogP contribution is 2.36. The van der Waals surface area contributed by atoms with Gasteiger partial charge in [0, 0.05) is 10.5 Å². The van der Waals surface area contributed by atoms with Gasteiger partial charge in [0.1, 0.15) is 11.3 Å². The Morgan fingerprint density at radius 3 is 2.67 bits per heavy atom. The van der Waals surface area contributed by atoms with Gasteiger partial charge < -0.3 is 9.84 Å². The molecule has 0 aliphatic rings. The number of ether oxygens (including phenoxy) is 1. The molecule has 2 rings (SSSR count). The Morgan fingerprint density at radius 2 is 2.05 bits per heavy atom. The lowest BCUT2D eigenvalue weighted by Crippen LogP contribution is -2.02. The van der Waals surface area contributed by atoms with Crippen molar-refractivity contribution >= 4 is 27.6 Å². The molecule has 21 heavy (non-hydrogen) atoms. The fraction of sp³-hybridized carbons (Fsp3) is 0.0714. The largest absolute Gasteiger partial charge is 0.478 e. The van der Waals surface area contributed by atoms with E-state index < -0.39 is 10.9 Å². The van der Waals surface area contributed by atoms with Crippen molar-refractivity contribution in [2.75, 3.05) is 0 Å². The van der Waals surface area contributed by atoms with Crippen LogP contribution in [0.2, 0.25) is 0 Å². The van der Waals surface area contributed by atoms with E-state index in [1.54, 1.807) is 25.1 Å². The Labute approximate surface area is 128 Å². The van der Waals surface area contributed by atoms with Crippen LogP contribution in [0.25, 0.3) is 0 Å². The van der Waals surface area contributed by atoms with Gasteiger partial charge in [0.15, 0.2) is 0 Å². The van der Waals surface area contributed by atoms with Crippen LogP contribution in [0.3, 0.4) is 0 Å². The normalized spacial score (nSPS) is 10.2. The molecule has 0 heterocycles. The van der Waals surface area contributed by atoms with Crippen LogP contribution >= 0.6 is 15.9 Å². The van der Waals surface area contributed by atoms with Crippen molar-refractivity contribution in [3.05, 3.63) is 62.1 Å². The maximum Gasteiger partial charge on any atom is 0.339 e. The van der Waals surface area contributed by atoms with Crippen molar-refractivity contribution in [3.63, 3.8) is 0 Å². The van der Waals surface area contributed by atoms with E-state index in [9.17, 15) is 14.9 Å². The highest BCUT2D eigenvalue weighted by atomic mass is 79.9. The van der Waals surface area contributed by atoms with Crippen LogP contribution in [0.5, 0.6) is 11.5 Å². The molecule has 0 atom stereocenters. The Hall–Kier alpha value is -2.41. The summed E-state index contributed by atoms with van der Waals surface area (Å²) in [6.07, 6.45) is 0. The van der Waals surface area contributed by atoms with Crippen molar-refractivity contribution in [3.8, 4) is 11.5 Å². The van der Waals surface area contributed by atoms with E-state index >= 15 is 0 Å². The number of rotatable bonds is 4. The number of nitro benzene ring substituents is 1. The molecule has 0 fully saturated rings. The first kappa shape index (κ1) is 15.0. The van der Waals surface area contributed by atoms with Crippen LogP contribution in [0.1, 0.15) is 15.9 Å². The lowest BCUT2D eigenvalue weighted by molar-refractivity contribution is -0.385. The standard InChI is InChI=1S/C14H10BrNO5/c1-8-3-2-4-11(16(19)20)13(8)21-12-7-9(15)5-6-10(12)14(17)18/h2-7H,1H3,(H,17,18). The summed E-state index contributed by atoms with van der Waals surface area (Å²) in [4.78, 5) is 21.7. The van der Waals surface area contributed by atoms with Gasteiger partial charge in [0.05, 0.1) is 4.92 Å². The van der Waals surface area contributed by atoms with Gasteiger partial charge in [-0.05, 0) is 30.7 Å². The van der Waals surface area contributed by atoms with E-state index in [-0.39, 0.29) is 22.7 Å². The molecule has 0 aliphatic carbocycles. The number of para-hydroxylation sites is 1. The third-order valence-electron chi connectivity index (χ3n) is 2.77. The number of hydrogen-bond acceptors (Lipinski definition) is 4. The van der Waals surface area contributed by atoms with Gasteiger partial charge in [-0.2, -0.15) is 0 Å². The number of nitro groups is 1. The zero-order valence-corrected chi connectivity index (χ0v) is 12.5. The number of hydrogen-bond donors (Lipinski definition) is 1. The average molecular weight is 352 g/mol. The highest BCUT2D eigenvalue weighted by Gasteiger charge is 2.20. The smallest absolute Gasteiger partial charge is 0.339 e. The molecule has 0 bridgehead atoms. The van der Waals surface area contributed by atoms with E-state index in [1.807, 2.05) is 0 Å². The molecule has 0 unspecified atom stereocenters. The minimum Gasteiger partial charge on any atom is -0.478 e. The first-order chi connectivity index (χ1) is 9.90. The number of carboxylic acid groups (broad SMARTS) is 1. The first-order valence-corrected chi connectivity index (χ1v) is 6.64. The fourth-order valence-corrected chi connectivity index (χ4v) is 2.12. The second-order valence-corrected chi connectivity index (χ2v) is 5.14. The predicted octanol–water partition coefficient (Wildman–Crippen LogP) is 4.16. The van der Waals surface area contributed by atoms with E-state index in [4.69, 9.17) is 9.84 Å². The van der Waals surface area contributed by atoms with Crippen molar-refractivity contribution < 1.29 is 19.6 Å². The summed E-state index contributed by atoms with van der Waals surface area (Å²) in [6, 6.07) is 8.88. The van der Waals surface area contributed by atoms with Crippen molar-refractivity contribution in [1.29, 1.82) is 0 Å². The number of carbonyl (C=O) groups is 1. The SMILES string of the molecule is Cc1cccc([N+](=O)[O-])c1Oc1cc(Br)ccc1C(=O)O. The number of benzene rings is 2. The monoisotopic (exact) mass is 351 g/mol. The summed E-state index contributed by atoms with van der Waals surface area (Å²) < 4.78 is 6.13. The molecule has 0 aromatic heterocycles. The van der Waals surface area contributed by atoms with Crippen molar-refractivity contribution in [2.45, 2.75) is 6.92 Å². The third-order valence-corrected chi connectivity index (χ3v) is 3.27. The molecule has 7 heteroatoms. The number of carboxylic acids is 1. The minimum atomic E-state index is -1.17. The Balaban J connectivity index is 2.55. The maximum atomic E-state index is 11.2. The summed E-state index contributed by atoms with van der Waals surface area (Å²) in [5, 5.41) is 20.2. The average Bonchev–Trinajstić information content (AvgIpc) is 2.40. The van der Waals surface area contributed by atoms with Gasteiger partial charge in [0.25, 0.3) is 0 Å². The molecule has 0 spiro atoms. The molecule has 0 saturated heterocycles. The van der Waals surface area contributed by atoms with Crippen LogP contribution in [-0.4, -0.2) is 16.0 Å². The summed E-state index contributed by atoms with van der Waals surface area (Å²) >= 11 is 3.22. The molecule has 1 N–H and O–H groups in total. The second kappa shape index (κ2) is 5.92. The van der Waals surface area contributed by atoms with Gasteiger partial charge in [-0.25, -0.2) is 4.79 Å². The number of nitrogens with zero attached hydrogens (tertiary/aromatic N) is 1. The van der Waals surface area contributed by atoms with Gasteiger partial charge in [-0.3, -0.25) is 10.1 Å². The zero-order chi connectivity index (χ0) is 15.6. The topological polar surface area (TPSA) is 89.7 Å². The Bertz CT molecular complexity index is 729. The van der Waals surface area contributed by atoms with Crippen LogP contribution in [0, 0.1) is 17.0 Å². The molecule has 0 aliphatic heterocycles. The molecule has 0 amide bonds. The lowest BCUT2D eigenvalue weighted by Gasteiger charge is -2.11.